The molecule has 5 rings (SSSR count). The van der Waals surface area contributed by atoms with Crippen molar-refractivity contribution in [3.05, 3.63) is 56.3 Å². The first-order chi connectivity index (χ1) is 17.7. The lowest BCUT2D eigenvalue weighted by Crippen LogP contribution is -2.30. The highest BCUT2D eigenvalue weighted by molar-refractivity contribution is 7.17. The number of esters is 1. The van der Waals surface area contributed by atoms with Gasteiger partial charge in [0.1, 0.15) is 10.6 Å². The predicted octanol–water partition coefficient (Wildman–Crippen LogP) is 7.05. The Morgan fingerprint density at radius 1 is 1.03 bits per heavy atom. The zero-order valence-corrected chi connectivity index (χ0v) is 23.1. The second-order valence-electron chi connectivity index (χ2n) is 10.6. The molecule has 2 N–H and O–H groups in total. The van der Waals surface area contributed by atoms with E-state index in [-0.39, 0.29) is 6.03 Å². The molecule has 2 aliphatic carbocycles. The summed E-state index contributed by atoms with van der Waals surface area (Å²) in [5, 5.41) is 6.50. The largest absolute Gasteiger partial charge is 0.456 e. The summed E-state index contributed by atoms with van der Waals surface area (Å²) >= 11 is 3.16. The van der Waals surface area contributed by atoms with Crippen LogP contribution < -0.4 is 10.6 Å². The highest BCUT2D eigenvalue weighted by Crippen LogP contribution is 2.41. The number of amides is 2. The van der Waals surface area contributed by atoms with Gasteiger partial charge in [0.25, 0.3) is 0 Å². The Hall–Kier alpha value is -2.78. The van der Waals surface area contributed by atoms with Gasteiger partial charge in [0.05, 0.1) is 5.56 Å². The molecule has 2 amide bonds. The maximum atomic E-state index is 13.9. The Morgan fingerprint density at radius 3 is 2.41 bits per heavy atom. The van der Waals surface area contributed by atoms with E-state index in [0.29, 0.717) is 17.1 Å². The summed E-state index contributed by atoms with van der Waals surface area (Å²) in [6.07, 6.45) is 9.51. The van der Waals surface area contributed by atoms with E-state index in [2.05, 4.69) is 15.6 Å². The molecule has 3 heterocycles. The first-order valence-corrected chi connectivity index (χ1v) is 14.5. The number of fused-ring (bicyclic) bond motifs is 2. The number of urea groups is 1. The molecule has 3 aromatic rings. The lowest BCUT2D eigenvalue weighted by molar-refractivity contribution is 0.00699. The fourth-order valence-corrected chi connectivity index (χ4v) is 7.79. The number of pyridine rings is 1. The smallest absolute Gasteiger partial charge is 0.341 e. The molecule has 0 bridgehead atoms. The van der Waals surface area contributed by atoms with Crippen LogP contribution in [0.1, 0.15) is 83.3 Å². The van der Waals surface area contributed by atoms with Crippen LogP contribution in [0.4, 0.5) is 14.2 Å². The van der Waals surface area contributed by atoms with Gasteiger partial charge in [-0.25, -0.2) is 14.6 Å². The number of rotatable bonds is 5. The van der Waals surface area contributed by atoms with E-state index in [4.69, 9.17) is 4.74 Å². The summed E-state index contributed by atoms with van der Waals surface area (Å²) in [5.41, 5.74) is 3.96. The number of halogens is 1. The molecule has 3 aromatic heterocycles. The molecule has 0 fully saturated rings. The van der Waals surface area contributed by atoms with Crippen molar-refractivity contribution in [3.8, 4) is 10.4 Å². The van der Waals surface area contributed by atoms with Gasteiger partial charge in [0, 0.05) is 33.4 Å². The molecule has 0 spiro atoms. The molecule has 2 aliphatic rings. The Kier molecular flexibility index (Phi) is 7.36. The number of nitrogens with one attached hydrogen (secondary N) is 2. The summed E-state index contributed by atoms with van der Waals surface area (Å²) in [6, 6.07) is 2.89. The topological polar surface area (TPSA) is 80.3 Å². The Labute approximate surface area is 224 Å². The van der Waals surface area contributed by atoms with Gasteiger partial charge < -0.3 is 10.1 Å². The molecule has 0 radical (unpaired) electrons. The summed E-state index contributed by atoms with van der Waals surface area (Å²) in [7, 11) is 0. The van der Waals surface area contributed by atoms with Crippen LogP contribution in [0, 0.1) is 5.95 Å². The zero-order valence-electron chi connectivity index (χ0n) is 21.5. The Bertz CT molecular complexity index is 1340. The molecule has 0 unspecified atom stereocenters. The van der Waals surface area contributed by atoms with Crippen molar-refractivity contribution in [1.82, 2.24) is 10.3 Å². The number of nitrogens with zero attached hydrogens (tertiary/aromatic N) is 1. The number of aromatic nitrogens is 1. The average Bonchev–Trinajstić information content (AvgIpc) is 3.39. The van der Waals surface area contributed by atoms with Gasteiger partial charge in [-0.3, -0.25) is 5.32 Å². The van der Waals surface area contributed by atoms with Gasteiger partial charge in [0.2, 0.25) is 5.95 Å². The first-order valence-electron chi connectivity index (χ1n) is 12.9. The Balaban J connectivity index is 1.38. The van der Waals surface area contributed by atoms with E-state index in [1.54, 1.807) is 11.3 Å². The van der Waals surface area contributed by atoms with Crippen molar-refractivity contribution in [3.63, 3.8) is 0 Å². The van der Waals surface area contributed by atoms with Crippen molar-refractivity contribution < 1.29 is 18.7 Å². The van der Waals surface area contributed by atoms with Crippen LogP contribution in [0.15, 0.2) is 18.3 Å². The van der Waals surface area contributed by atoms with Crippen molar-refractivity contribution >= 4 is 39.7 Å². The van der Waals surface area contributed by atoms with Crippen LogP contribution in [-0.4, -0.2) is 22.6 Å². The maximum Gasteiger partial charge on any atom is 0.341 e. The van der Waals surface area contributed by atoms with Crippen molar-refractivity contribution in [1.29, 1.82) is 0 Å². The number of aryl methyl sites for hydroxylation is 2. The summed E-state index contributed by atoms with van der Waals surface area (Å²) in [5.74, 6) is -0.909. The highest BCUT2D eigenvalue weighted by atomic mass is 32.1. The molecule has 0 atom stereocenters. The number of hydrogen-bond acceptors (Lipinski definition) is 6. The van der Waals surface area contributed by atoms with Crippen molar-refractivity contribution in [2.75, 3.05) is 5.32 Å². The number of anilines is 1. The fourth-order valence-electron chi connectivity index (χ4n) is 5.11. The standard InChI is InChI=1S/C28H32FN3O3S2/c1-28(2,3)35-26(33)23-18-9-5-7-11-21(18)37-25(23)32-27(34)31-15-19-17-8-4-6-10-20(17)36-24(19)16-12-13-30-22(29)14-16/h12-14H,4-11,15H2,1-3H3,(H2,31,32,34). The molecular weight excluding hydrogens is 509 g/mol. The third-order valence-corrected chi connectivity index (χ3v) is 9.29. The monoisotopic (exact) mass is 541 g/mol. The van der Waals surface area contributed by atoms with Crippen LogP contribution in [0.25, 0.3) is 10.4 Å². The highest BCUT2D eigenvalue weighted by Gasteiger charge is 2.30. The van der Waals surface area contributed by atoms with Crippen LogP contribution in [0.3, 0.4) is 0 Å². The Morgan fingerprint density at radius 2 is 1.70 bits per heavy atom. The second-order valence-corrected chi connectivity index (χ2v) is 12.8. The molecule has 0 saturated heterocycles. The van der Waals surface area contributed by atoms with Gasteiger partial charge >= 0.3 is 12.0 Å². The lowest BCUT2D eigenvalue weighted by Gasteiger charge is -2.21. The van der Waals surface area contributed by atoms with E-state index in [1.165, 1.54) is 34.0 Å². The van der Waals surface area contributed by atoms with Gasteiger partial charge in [0.15, 0.2) is 0 Å². The molecular formula is C28H32FN3O3S2. The van der Waals surface area contributed by atoms with Crippen LogP contribution in [-0.2, 0) is 37.0 Å². The minimum absolute atomic E-state index is 0.323. The molecule has 0 saturated carbocycles. The first kappa shape index (κ1) is 25.9. The molecule has 9 heteroatoms. The number of carbonyl (C=O) groups excluding carboxylic acids is 2. The third kappa shape index (κ3) is 5.72. The van der Waals surface area contributed by atoms with E-state index in [9.17, 15) is 14.0 Å². The summed E-state index contributed by atoms with van der Waals surface area (Å²) in [4.78, 5) is 33.4. The van der Waals surface area contributed by atoms with E-state index >= 15 is 0 Å². The number of thiophene rings is 2. The second kappa shape index (κ2) is 10.5. The van der Waals surface area contributed by atoms with E-state index < -0.39 is 17.5 Å². The molecule has 0 aromatic carbocycles. The molecule has 196 valence electrons. The average molecular weight is 542 g/mol. The van der Waals surface area contributed by atoms with Crippen LogP contribution >= 0.6 is 22.7 Å². The zero-order chi connectivity index (χ0) is 26.2. The van der Waals surface area contributed by atoms with Crippen LogP contribution in [0.2, 0.25) is 0 Å². The third-order valence-electron chi connectivity index (χ3n) is 6.70. The number of carbonyl (C=O) groups is 2. The van der Waals surface area contributed by atoms with Gasteiger partial charge in [-0.15, -0.1) is 22.7 Å². The van der Waals surface area contributed by atoms with E-state index in [1.807, 2.05) is 26.8 Å². The van der Waals surface area contributed by atoms with Crippen molar-refractivity contribution in [2.45, 2.75) is 84.3 Å². The SMILES string of the molecule is CC(C)(C)OC(=O)c1c(NC(=O)NCc2c(-c3ccnc(F)c3)sc3c2CCCC3)sc2c1CCCC2. The van der Waals surface area contributed by atoms with Gasteiger partial charge in [-0.1, -0.05) is 0 Å². The summed E-state index contributed by atoms with van der Waals surface area (Å²) in [6.45, 7) is 5.86. The number of hydrogen-bond donors (Lipinski definition) is 2. The normalized spacial score (nSPS) is 15.0. The van der Waals surface area contributed by atoms with Gasteiger partial charge in [-0.2, -0.15) is 4.39 Å². The predicted molar refractivity (Wildman–Crippen MR) is 146 cm³/mol. The van der Waals surface area contributed by atoms with Gasteiger partial charge in [-0.05, 0) is 100 Å². The number of ether oxygens (including phenoxy) is 1. The van der Waals surface area contributed by atoms with Crippen LogP contribution in [0.5, 0.6) is 0 Å². The molecule has 37 heavy (non-hydrogen) atoms. The molecule has 0 aliphatic heterocycles. The maximum absolute atomic E-state index is 13.9. The lowest BCUT2D eigenvalue weighted by atomic mass is 9.94. The minimum atomic E-state index is -0.624. The van der Waals surface area contributed by atoms with Crippen molar-refractivity contribution in [2.24, 2.45) is 0 Å². The quantitative estimate of drug-likeness (QED) is 0.268. The molecule has 6 nitrogen and oxygen atoms in total. The summed E-state index contributed by atoms with van der Waals surface area (Å²) < 4.78 is 19.6. The van der Waals surface area contributed by atoms with E-state index in [0.717, 1.165) is 77.8 Å². The fraction of sp³-hybridized carbons (Fsp3) is 0.464. The minimum Gasteiger partial charge on any atom is -0.456 e.